The van der Waals surface area contributed by atoms with Gasteiger partial charge in [-0.15, -0.1) is 11.8 Å². The Hall–Kier alpha value is -1.49. The summed E-state index contributed by atoms with van der Waals surface area (Å²) in [7, 11) is 0. The number of carboxylic acids is 1. The summed E-state index contributed by atoms with van der Waals surface area (Å²) in [6, 6.07) is 7.01. The molecule has 0 fully saturated rings. The minimum atomic E-state index is -1.30. The van der Waals surface area contributed by atoms with Crippen molar-refractivity contribution >= 4 is 23.6 Å². The molecule has 0 atom stereocenters. The summed E-state index contributed by atoms with van der Waals surface area (Å²) in [5.74, 6) is -0.736. The molecule has 0 aromatic heterocycles. The summed E-state index contributed by atoms with van der Waals surface area (Å²) in [5, 5.41) is 12.4. The zero-order valence-corrected chi connectivity index (χ0v) is 9.67. The third-order valence-corrected chi connectivity index (χ3v) is 2.71. The van der Waals surface area contributed by atoms with E-state index < -0.39 is 18.4 Å². The molecule has 4 nitrogen and oxygen atoms in total. The van der Waals surface area contributed by atoms with Crippen LogP contribution in [0.3, 0.4) is 0 Å². The van der Waals surface area contributed by atoms with E-state index in [1.54, 1.807) is 23.9 Å². The molecule has 0 aliphatic rings. The first-order valence-corrected chi connectivity index (χ1v) is 5.83. The van der Waals surface area contributed by atoms with Crippen LogP contribution in [-0.4, -0.2) is 24.2 Å². The molecule has 1 aromatic carbocycles. The van der Waals surface area contributed by atoms with Gasteiger partial charge in [0.1, 0.15) is 0 Å². The summed E-state index contributed by atoms with van der Waals surface area (Å²) >= 11 is 1.68. The Morgan fingerprint density at radius 1 is 1.31 bits per heavy atom. The number of hydrogen-bond acceptors (Lipinski definition) is 4. The molecule has 86 valence electrons. The van der Waals surface area contributed by atoms with Crippen LogP contribution in [0.1, 0.15) is 17.3 Å². The highest BCUT2D eigenvalue weighted by Gasteiger charge is 2.04. The number of carbonyl (C=O) groups is 2. The monoisotopic (exact) mass is 238 g/mol. The van der Waals surface area contributed by atoms with Crippen LogP contribution >= 0.6 is 11.8 Å². The number of amides is 1. The lowest BCUT2D eigenvalue weighted by atomic mass is 10.2. The minimum Gasteiger partial charge on any atom is -0.548 e. The molecule has 1 aromatic rings. The van der Waals surface area contributed by atoms with Crippen LogP contribution in [0.15, 0.2) is 29.2 Å². The van der Waals surface area contributed by atoms with Crippen LogP contribution in [0.25, 0.3) is 0 Å². The molecule has 0 bridgehead atoms. The molecule has 1 rings (SSSR count). The van der Waals surface area contributed by atoms with Crippen LogP contribution in [-0.2, 0) is 4.79 Å². The Morgan fingerprint density at radius 2 is 1.94 bits per heavy atom. The second-order valence-corrected chi connectivity index (χ2v) is 4.35. The molecule has 0 saturated carbocycles. The highest BCUT2D eigenvalue weighted by Crippen LogP contribution is 2.17. The Kier molecular flexibility index (Phi) is 4.85. The Labute approximate surface area is 98.0 Å². The average molecular weight is 238 g/mol. The second kappa shape index (κ2) is 6.17. The van der Waals surface area contributed by atoms with Crippen molar-refractivity contribution in [3.05, 3.63) is 29.8 Å². The molecular weight excluding hydrogens is 226 g/mol. The summed E-state index contributed by atoms with van der Waals surface area (Å²) < 4.78 is 0. The smallest absolute Gasteiger partial charge is 0.251 e. The number of rotatable bonds is 5. The molecule has 0 aliphatic carbocycles. The van der Waals surface area contributed by atoms with Crippen LogP contribution in [0.2, 0.25) is 0 Å². The van der Waals surface area contributed by atoms with Gasteiger partial charge in [0.25, 0.3) is 5.91 Å². The van der Waals surface area contributed by atoms with E-state index in [1.807, 2.05) is 19.1 Å². The largest absolute Gasteiger partial charge is 0.548 e. The topological polar surface area (TPSA) is 69.2 Å². The lowest BCUT2D eigenvalue weighted by molar-refractivity contribution is -0.303. The molecule has 16 heavy (non-hydrogen) atoms. The molecule has 5 heteroatoms. The third-order valence-electron chi connectivity index (χ3n) is 1.82. The molecule has 0 aliphatic heterocycles. The quantitative estimate of drug-likeness (QED) is 0.748. The fourth-order valence-electron chi connectivity index (χ4n) is 1.12. The zero-order valence-electron chi connectivity index (χ0n) is 8.86. The summed E-state index contributed by atoms with van der Waals surface area (Å²) in [6.45, 7) is 1.58. The van der Waals surface area contributed by atoms with Gasteiger partial charge in [-0.1, -0.05) is 6.92 Å². The molecular formula is C11H12NO3S-. The van der Waals surface area contributed by atoms with Crippen molar-refractivity contribution < 1.29 is 14.7 Å². The standard InChI is InChI=1S/C11H13NO3S/c1-2-16-9-5-3-8(4-6-9)11(15)12-7-10(13)14/h3-6H,2,7H2,1H3,(H,12,15)(H,13,14)/p-1. The van der Waals surface area contributed by atoms with Gasteiger partial charge in [-0.3, -0.25) is 4.79 Å². The van der Waals surface area contributed by atoms with Crippen molar-refractivity contribution in [2.24, 2.45) is 0 Å². The van der Waals surface area contributed by atoms with Gasteiger partial charge in [-0.05, 0) is 30.0 Å². The van der Waals surface area contributed by atoms with Crippen molar-refractivity contribution in [3.8, 4) is 0 Å². The summed E-state index contributed by atoms with van der Waals surface area (Å²) in [4.78, 5) is 22.6. The summed E-state index contributed by atoms with van der Waals surface area (Å²) in [5.41, 5.74) is 0.446. The summed E-state index contributed by atoms with van der Waals surface area (Å²) in [6.07, 6.45) is 0. The number of nitrogens with one attached hydrogen (secondary N) is 1. The average Bonchev–Trinajstić information content (AvgIpc) is 2.27. The predicted molar refractivity (Wildman–Crippen MR) is 60.2 cm³/mol. The molecule has 0 radical (unpaired) electrons. The van der Waals surface area contributed by atoms with E-state index in [0.29, 0.717) is 5.56 Å². The van der Waals surface area contributed by atoms with E-state index in [-0.39, 0.29) is 0 Å². The van der Waals surface area contributed by atoms with Gasteiger partial charge in [-0.25, -0.2) is 0 Å². The Bertz CT molecular complexity index is 375. The maximum absolute atomic E-state index is 11.4. The van der Waals surface area contributed by atoms with Crippen molar-refractivity contribution in [2.45, 2.75) is 11.8 Å². The van der Waals surface area contributed by atoms with E-state index in [2.05, 4.69) is 5.32 Å². The molecule has 1 N–H and O–H groups in total. The van der Waals surface area contributed by atoms with Crippen molar-refractivity contribution in [3.63, 3.8) is 0 Å². The zero-order chi connectivity index (χ0) is 12.0. The maximum atomic E-state index is 11.4. The lowest BCUT2D eigenvalue weighted by Gasteiger charge is -2.06. The van der Waals surface area contributed by atoms with Gasteiger partial charge in [0.2, 0.25) is 0 Å². The number of carboxylic acid groups (broad SMARTS) is 1. The van der Waals surface area contributed by atoms with E-state index >= 15 is 0 Å². The highest BCUT2D eigenvalue weighted by molar-refractivity contribution is 7.99. The van der Waals surface area contributed by atoms with Crippen LogP contribution < -0.4 is 10.4 Å². The number of hydrogen-bond donors (Lipinski definition) is 1. The Morgan fingerprint density at radius 3 is 2.44 bits per heavy atom. The Balaban J connectivity index is 2.59. The predicted octanol–water partition coefficient (Wildman–Crippen LogP) is 0.278. The number of carbonyl (C=O) groups excluding carboxylic acids is 2. The SMILES string of the molecule is CCSc1ccc(C(=O)NCC(=O)[O-])cc1. The van der Waals surface area contributed by atoms with Gasteiger partial charge in [-0.2, -0.15) is 0 Å². The minimum absolute atomic E-state index is 0.405. The van der Waals surface area contributed by atoms with Crippen molar-refractivity contribution in [2.75, 3.05) is 12.3 Å². The lowest BCUT2D eigenvalue weighted by Crippen LogP contribution is -2.37. The molecule has 0 unspecified atom stereocenters. The maximum Gasteiger partial charge on any atom is 0.251 e. The molecule has 1 amide bonds. The van der Waals surface area contributed by atoms with Crippen molar-refractivity contribution in [1.82, 2.24) is 5.32 Å². The molecule has 0 spiro atoms. The molecule has 0 heterocycles. The first-order valence-electron chi connectivity index (χ1n) is 4.84. The van der Waals surface area contributed by atoms with Gasteiger partial charge >= 0.3 is 0 Å². The third kappa shape index (κ3) is 3.94. The number of thioether (sulfide) groups is 1. The van der Waals surface area contributed by atoms with Gasteiger partial charge in [0.15, 0.2) is 0 Å². The van der Waals surface area contributed by atoms with Crippen LogP contribution in [0.5, 0.6) is 0 Å². The van der Waals surface area contributed by atoms with Gasteiger partial charge in [0, 0.05) is 10.5 Å². The number of aliphatic carboxylic acids is 1. The number of benzene rings is 1. The highest BCUT2D eigenvalue weighted by atomic mass is 32.2. The first kappa shape index (κ1) is 12.6. The van der Waals surface area contributed by atoms with Crippen molar-refractivity contribution in [1.29, 1.82) is 0 Å². The first-order chi connectivity index (χ1) is 7.63. The van der Waals surface area contributed by atoms with Gasteiger partial charge < -0.3 is 15.2 Å². The fraction of sp³-hybridized carbons (Fsp3) is 0.273. The van der Waals surface area contributed by atoms with Crippen LogP contribution in [0.4, 0.5) is 0 Å². The second-order valence-electron chi connectivity index (χ2n) is 3.01. The molecule has 0 saturated heterocycles. The van der Waals surface area contributed by atoms with E-state index in [1.165, 1.54) is 0 Å². The van der Waals surface area contributed by atoms with E-state index in [9.17, 15) is 14.7 Å². The fourth-order valence-corrected chi connectivity index (χ4v) is 1.79. The van der Waals surface area contributed by atoms with Gasteiger partial charge in [0.05, 0.1) is 12.5 Å². The van der Waals surface area contributed by atoms with E-state index in [0.717, 1.165) is 10.6 Å². The normalized spacial score (nSPS) is 9.81. The van der Waals surface area contributed by atoms with Crippen LogP contribution in [0, 0.1) is 0 Å². The van der Waals surface area contributed by atoms with E-state index in [4.69, 9.17) is 0 Å².